The zero-order chi connectivity index (χ0) is 17.6. The Hall–Kier alpha value is -3.08. The third-order valence-electron chi connectivity index (χ3n) is 4.59. The summed E-state index contributed by atoms with van der Waals surface area (Å²) in [5.41, 5.74) is 5.41. The highest BCUT2D eigenvalue weighted by Crippen LogP contribution is 2.39. The molecule has 0 bridgehead atoms. The number of esters is 1. The van der Waals surface area contributed by atoms with Crippen molar-refractivity contribution >= 4 is 23.0 Å². The molecule has 0 aliphatic carbocycles. The second-order valence-corrected chi connectivity index (χ2v) is 6.27. The number of aromatic nitrogens is 2. The summed E-state index contributed by atoms with van der Waals surface area (Å²) in [7, 11) is 1.41. The molecule has 5 nitrogen and oxygen atoms in total. The van der Waals surface area contributed by atoms with Crippen molar-refractivity contribution in [2.75, 3.05) is 12.4 Å². The molecule has 4 rings (SSSR count). The normalized spacial score (nSPS) is 16.5. The SMILES string of the molecule is COC(=O)C1=C(C)Nc2nc3ccccc3n2C1c1cccc(C)c1. The van der Waals surface area contributed by atoms with E-state index in [-0.39, 0.29) is 12.0 Å². The van der Waals surface area contributed by atoms with E-state index in [1.807, 2.05) is 56.3 Å². The lowest BCUT2D eigenvalue weighted by molar-refractivity contribution is -0.136. The molecule has 2 aromatic carbocycles. The van der Waals surface area contributed by atoms with Crippen LogP contribution in [0.25, 0.3) is 11.0 Å². The first-order valence-electron chi connectivity index (χ1n) is 8.20. The molecule has 1 unspecified atom stereocenters. The largest absolute Gasteiger partial charge is 0.466 e. The minimum atomic E-state index is -0.333. The van der Waals surface area contributed by atoms with Gasteiger partial charge in [0.1, 0.15) is 0 Å². The average Bonchev–Trinajstić information content (AvgIpc) is 2.97. The molecule has 0 radical (unpaired) electrons. The molecule has 1 atom stereocenters. The summed E-state index contributed by atoms with van der Waals surface area (Å²) in [4.78, 5) is 17.2. The number of nitrogens with one attached hydrogen (secondary N) is 1. The summed E-state index contributed by atoms with van der Waals surface area (Å²) >= 11 is 0. The first kappa shape index (κ1) is 15.4. The zero-order valence-corrected chi connectivity index (χ0v) is 14.4. The van der Waals surface area contributed by atoms with Gasteiger partial charge in [-0.2, -0.15) is 0 Å². The molecule has 126 valence electrons. The number of hydrogen-bond acceptors (Lipinski definition) is 4. The van der Waals surface area contributed by atoms with Gasteiger partial charge in [0.05, 0.1) is 29.8 Å². The third-order valence-corrected chi connectivity index (χ3v) is 4.59. The molecule has 1 aliphatic heterocycles. The number of carbonyl (C=O) groups is 1. The molecule has 2 heterocycles. The van der Waals surface area contributed by atoms with Gasteiger partial charge in [-0.3, -0.25) is 4.57 Å². The number of methoxy groups -OCH3 is 1. The number of imidazole rings is 1. The summed E-state index contributed by atoms with van der Waals surface area (Å²) < 4.78 is 7.15. The first-order valence-corrected chi connectivity index (χ1v) is 8.20. The average molecular weight is 333 g/mol. The fourth-order valence-corrected chi connectivity index (χ4v) is 3.49. The van der Waals surface area contributed by atoms with Gasteiger partial charge >= 0.3 is 5.97 Å². The lowest BCUT2D eigenvalue weighted by Gasteiger charge is -2.30. The van der Waals surface area contributed by atoms with Crippen LogP contribution in [0.1, 0.15) is 24.1 Å². The predicted molar refractivity (Wildman–Crippen MR) is 97.4 cm³/mol. The molecule has 3 aromatic rings. The van der Waals surface area contributed by atoms with E-state index in [2.05, 4.69) is 20.9 Å². The van der Waals surface area contributed by atoms with Crippen molar-refractivity contribution < 1.29 is 9.53 Å². The van der Waals surface area contributed by atoms with E-state index in [1.54, 1.807) is 0 Å². The van der Waals surface area contributed by atoms with E-state index in [0.29, 0.717) is 5.57 Å². The van der Waals surface area contributed by atoms with Gasteiger partial charge in [-0.15, -0.1) is 0 Å². The van der Waals surface area contributed by atoms with Crippen LogP contribution in [0.3, 0.4) is 0 Å². The second kappa shape index (κ2) is 5.77. The van der Waals surface area contributed by atoms with Gasteiger partial charge in [0.2, 0.25) is 5.95 Å². The van der Waals surface area contributed by atoms with Gasteiger partial charge in [0, 0.05) is 5.70 Å². The summed E-state index contributed by atoms with van der Waals surface area (Å²) in [5.74, 6) is 0.401. The van der Waals surface area contributed by atoms with Gasteiger partial charge < -0.3 is 10.1 Å². The van der Waals surface area contributed by atoms with Crippen molar-refractivity contribution in [3.63, 3.8) is 0 Å². The molecule has 0 spiro atoms. The number of rotatable bonds is 2. The molecular formula is C20H19N3O2. The van der Waals surface area contributed by atoms with E-state index in [9.17, 15) is 4.79 Å². The van der Waals surface area contributed by atoms with Crippen molar-refractivity contribution in [2.45, 2.75) is 19.9 Å². The Kier molecular flexibility index (Phi) is 3.57. The molecule has 0 saturated heterocycles. The number of para-hydroxylation sites is 2. The van der Waals surface area contributed by atoms with Crippen molar-refractivity contribution in [2.24, 2.45) is 0 Å². The highest BCUT2D eigenvalue weighted by atomic mass is 16.5. The Morgan fingerprint density at radius 2 is 1.96 bits per heavy atom. The summed E-state index contributed by atoms with van der Waals surface area (Å²) in [6.07, 6.45) is 0. The number of aryl methyl sites for hydroxylation is 1. The van der Waals surface area contributed by atoms with Crippen molar-refractivity contribution in [3.05, 3.63) is 70.9 Å². The van der Waals surface area contributed by atoms with Crippen LogP contribution in [0.4, 0.5) is 5.95 Å². The lowest BCUT2D eigenvalue weighted by Crippen LogP contribution is -2.28. The number of carbonyl (C=O) groups excluding carboxylic acids is 1. The maximum absolute atomic E-state index is 12.6. The maximum Gasteiger partial charge on any atom is 0.337 e. The summed E-state index contributed by atoms with van der Waals surface area (Å²) in [5, 5.41) is 3.26. The van der Waals surface area contributed by atoms with Gasteiger partial charge in [-0.1, -0.05) is 42.0 Å². The highest BCUT2D eigenvalue weighted by Gasteiger charge is 2.34. The highest BCUT2D eigenvalue weighted by molar-refractivity contribution is 5.94. The van der Waals surface area contributed by atoms with E-state index >= 15 is 0 Å². The molecule has 1 N–H and O–H groups in total. The Balaban J connectivity index is 2.03. The smallest absolute Gasteiger partial charge is 0.337 e. The van der Waals surface area contributed by atoms with Gasteiger partial charge in [-0.05, 0) is 31.5 Å². The fourth-order valence-electron chi connectivity index (χ4n) is 3.49. The van der Waals surface area contributed by atoms with Crippen LogP contribution >= 0.6 is 0 Å². The van der Waals surface area contributed by atoms with E-state index < -0.39 is 0 Å². The number of fused-ring (bicyclic) bond motifs is 3. The van der Waals surface area contributed by atoms with Crippen LogP contribution in [-0.2, 0) is 9.53 Å². The molecule has 1 aromatic heterocycles. The van der Waals surface area contributed by atoms with Crippen LogP contribution in [0.15, 0.2) is 59.8 Å². The van der Waals surface area contributed by atoms with Crippen LogP contribution in [0, 0.1) is 6.92 Å². The standard InChI is InChI=1S/C20H19N3O2/c1-12-7-6-8-14(11-12)18-17(19(24)25-3)13(2)21-20-22-15-9-4-5-10-16(15)23(18)20/h4-11,18H,1-3H3,(H,21,22). The molecule has 0 amide bonds. The quantitative estimate of drug-likeness (QED) is 0.725. The van der Waals surface area contributed by atoms with Gasteiger partial charge in [0.15, 0.2) is 0 Å². The topological polar surface area (TPSA) is 56.1 Å². The van der Waals surface area contributed by atoms with Gasteiger partial charge in [-0.25, -0.2) is 9.78 Å². The Morgan fingerprint density at radius 3 is 2.72 bits per heavy atom. The predicted octanol–water partition coefficient (Wildman–Crippen LogP) is 3.81. The zero-order valence-electron chi connectivity index (χ0n) is 14.4. The Morgan fingerprint density at radius 1 is 1.16 bits per heavy atom. The molecule has 25 heavy (non-hydrogen) atoms. The van der Waals surface area contributed by atoms with E-state index in [0.717, 1.165) is 33.8 Å². The number of anilines is 1. The summed E-state index contributed by atoms with van der Waals surface area (Å²) in [6, 6.07) is 15.9. The maximum atomic E-state index is 12.6. The van der Waals surface area contributed by atoms with Crippen LogP contribution < -0.4 is 5.32 Å². The van der Waals surface area contributed by atoms with E-state index in [4.69, 9.17) is 4.74 Å². The minimum absolute atomic E-state index is 0.281. The third kappa shape index (κ3) is 2.39. The number of ether oxygens (including phenoxy) is 1. The van der Waals surface area contributed by atoms with Crippen molar-refractivity contribution in [3.8, 4) is 0 Å². The van der Waals surface area contributed by atoms with Crippen LogP contribution in [-0.4, -0.2) is 22.6 Å². The number of nitrogens with zero attached hydrogens (tertiary/aromatic N) is 2. The van der Waals surface area contributed by atoms with Crippen LogP contribution in [0.5, 0.6) is 0 Å². The minimum Gasteiger partial charge on any atom is -0.466 e. The Bertz CT molecular complexity index is 1020. The molecule has 1 aliphatic rings. The molecule has 0 saturated carbocycles. The van der Waals surface area contributed by atoms with Crippen molar-refractivity contribution in [1.82, 2.24) is 9.55 Å². The van der Waals surface area contributed by atoms with Crippen molar-refractivity contribution in [1.29, 1.82) is 0 Å². The molecular weight excluding hydrogens is 314 g/mol. The molecule has 5 heteroatoms. The fraction of sp³-hybridized carbons (Fsp3) is 0.200. The number of hydrogen-bond donors (Lipinski definition) is 1. The molecule has 0 fully saturated rings. The lowest BCUT2D eigenvalue weighted by atomic mass is 9.94. The first-order chi connectivity index (χ1) is 12.1. The van der Waals surface area contributed by atoms with Gasteiger partial charge in [0.25, 0.3) is 0 Å². The Labute approximate surface area is 145 Å². The number of benzene rings is 2. The second-order valence-electron chi connectivity index (χ2n) is 6.27. The number of allylic oxidation sites excluding steroid dienone is 1. The van der Waals surface area contributed by atoms with E-state index in [1.165, 1.54) is 7.11 Å². The van der Waals surface area contributed by atoms with Crippen LogP contribution in [0.2, 0.25) is 0 Å². The monoisotopic (exact) mass is 333 g/mol. The summed E-state index contributed by atoms with van der Waals surface area (Å²) in [6.45, 7) is 3.93.